The fourth-order valence-electron chi connectivity index (χ4n) is 4.84. The zero-order valence-corrected chi connectivity index (χ0v) is 23.1. The van der Waals surface area contributed by atoms with E-state index in [0.717, 1.165) is 69.5 Å². The predicted molar refractivity (Wildman–Crippen MR) is 147 cm³/mol. The van der Waals surface area contributed by atoms with E-state index in [2.05, 4.69) is 10.6 Å². The first-order valence-corrected chi connectivity index (χ1v) is 14.4. The van der Waals surface area contributed by atoms with Gasteiger partial charge < -0.3 is 19.9 Å². The van der Waals surface area contributed by atoms with Crippen molar-refractivity contribution in [3.63, 3.8) is 0 Å². The summed E-state index contributed by atoms with van der Waals surface area (Å²) in [4.78, 5) is 61.2. The van der Waals surface area contributed by atoms with Gasteiger partial charge in [0.2, 0.25) is 11.8 Å². The number of carboxylic acids is 1. The van der Waals surface area contributed by atoms with E-state index >= 15 is 0 Å². The second kappa shape index (κ2) is 16.7. The maximum absolute atomic E-state index is 13.1. The maximum atomic E-state index is 13.1. The number of imide groups is 2. The smallest absolute Gasteiger partial charge is 0.303 e. The molecule has 40 heavy (non-hydrogen) atoms. The van der Waals surface area contributed by atoms with E-state index in [1.165, 1.54) is 0 Å². The summed E-state index contributed by atoms with van der Waals surface area (Å²) in [6.07, 6.45) is 8.81. The lowest BCUT2D eigenvalue weighted by atomic mass is 10.0. The number of rotatable bonds is 20. The van der Waals surface area contributed by atoms with E-state index in [1.54, 1.807) is 18.2 Å². The fourth-order valence-corrected chi connectivity index (χ4v) is 4.84. The third-order valence-corrected chi connectivity index (χ3v) is 7.01. The monoisotopic (exact) mass is 559 g/mol. The van der Waals surface area contributed by atoms with Gasteiger partial charge in [-0.25, -0.2) is 0 Å². The van der Waals surface area contributed by atoms with Gasteiger partial charge in [0.15, 0.2) is 0 Å². The number of hydrogen-bond acceptors (Lipinski definition) is 8. The van der Waals surface area contributed by atoms with Crippen LogP contribution in [0.4, 0.5) is 5.69 Å². The van der Waals surface area contributed by atoms with Gasteiger partial charge in [0.1, 0.15) is 6.04 Å². The van der Waals surface area contributed by atoms with E-state index in [9.17, 15) is 24.0 Å². The lowest BCUT2D eigenvalue weighted by Gasteiger charge is -2.27. The summed E-state index contributed by atoms with van der Waals surface area (Å²) in [5.41, 5.74) is 1.14. The van der Waals surface area contributed by atoms with Crippen LogP contribution in [0.25, 0.3) is 0 Å². The summed E-state index contributed by atoms with van der Waals surface area (Å²) in [7, 11) is 0. The number of carboxylic acid groups (broad SMARTS) is 1. The molecule has 2 heterocycles. The van der Waals surface area contributed by atoms with Gasteiger partial charge in [-0.15, -0.1) is 0 Å². The number of fused-ring (bicyclic) bond motifs is 1. The third kappa shape index (κ3) is 9.41. The summed E-state index contributed by atoms with van der Waals surface area (Å²) < 4.78 is 11.2. The van der Waals surface area contributed by atoms with Crippen LogP contribution in [0.15, 0.2) is 18.2 Å². The van der Waals surface area contributed by atoms with Crippen LogP contribution in [-0.2, 0) is 23.9 Å². The minimum Gasteiger partial charge on any atom is -0.481 e. The average molecular weight is 560 g/mol. The SMILES string of the molecule is O=C(O)CCCCOCCCCCOCCCCCCNc1cccc2c1C(=O)N(C1CCC(=O)NC1=O)C2=O. The molecule has 1 saturated heterocycles. The van der Waals surface area contributed by atoms with Crippen molar-refractivity contribution in [2.45, 2.75) is 83.1 Å². The highest BCUT2D eigenvalue weighted by molar-refractivity contribution is 6.25. The number of piperidine rings is 1. The Labute approximate surface area is 235 Å². The molecule has 1 atom stereocenters. The molecular formula is C29H41N3O8. The Morgan fingerprint density at radius 2 is 1.50 bits per heavy atom. The van der Waals surface area contributed by atoms with Gasteiger partial charge in [-0.05, 0) is 63.5 Å². The van der Waals surface area contributed by atoms with Gasteiger partial charge in [0.05, 0.1) is 11.1 Å². The van der Waals surface area contributed by atoms with E-state index in [4.69, 9.17) is 14.6 Å². The molecule has 1 fully saturated rings. The topological polar surface area (TPSA) is 151 Å². The fraction of sp³-hybridized carbons (Fsp3) is 0.621. The van der Waals surface area contributed by atoms with Crippen LogP contribution in [-0.4, -0.2) is 78.6 Å². The summed E-state index contributed by atoms with van der Waals surface area (Å²) in [6.45, 7) is 3.44. The molecule has 11 nitrogen and oxygen atoms in total. The van der Waals surface area contributed by atoms with Crippen LogP contribution in [0.2, 0.25) is 0 Å². The number of hydrogen-bond donors (Lipinski definition) is 3. The number of nitrogens with one attached hydrogen (secondary N) is 2. The molecular weight excluding hydrogens is 518 g/mol. The van der Waals surface area contributed by atoms with Crippen molar-refractivity contribution in [3.05, 3.63) is 29.3 Å². The van der Waals surface area contributed by atoms with Gasteiger partial charge in [-0.3, -0.25) is 34.2 Å². The Bertz CT molecular complexity index is 1040. The molecule has 0 aliphatic carbocycles. The van der Waals surface area contributed by atoms with E-state index in [0.29, 0.717) is 31.9 Å². The first-order chi connectivity index (χ1) is 19.4. The number of amides is 4. The molecule has 2 aliphatic heterocycles. The van der Waals surface area contributed by atoms with Crippen LogP contribution in [0.5, 0.6) is 0 Å². The number of benzene rings is 1. The highest BCUT2D eigenvalue weighted by Gasteiger charge is 2.45. The van der Waals surface area contributed by atoms with Gasteiger partial charge in [0.25, 0.3) is 11.8 Å². The largest absolute Gasteiger partial charge is 0.481 e. The van der Waals surface area contributed by atoms with Crippen molar-refractivity contribution in [3.8, 4) is 0 Å². The molecule has 3 rings (SSSR count). The maximum Gasteiger partial charge on any atom is 0.303 e. The van der Waals surface area contributed by atoms with Gasteiger partial charge in [-0.1, -0.05) is 18.9 Å². The zero-order valence-electron chi connectivity index (χ0n) is 23.1. The molecule has 0 saturated carbocycles. The van der Waals surface area contributed by atoms with Gasteiger partial charge in [-0.2, -0.15) is 0 Å². The lowest BCUT2D eigenvalue weighted by Crippen LogP contribution is -2.54. The van der Waals surface area contributed by atoms with Crippen molar-refractivity contribution >= 4 is 35.3 Å². The number of carbonyl (C=O) groups excluding carboxylic acids is 4. The molecule has 0 radical (unpaired) electrons. The van der Waals surface area contributed by atoms with Crippen molar-refractivity contribution in [2.75, 3.05) is 38.3 Å². The predicted octanol–water partition coefficient (Wildman–Crippen LogP) is 3.52. The number of unbranched alkanes of at least 4 members (excludes halogenated alkanes) is 6. The van der Waals surface area contributed by atoms with Crippen LogP contribution < -0.4 is 10.6 Å². The highest BCUT2D eigenvalue weighted by Crippen LogP contribution is 2.32. The number of aliphatic carboxylic acids is 1. The zero-order chi connectivity index (χ0) is 28.7. The quantitative estimate of drug-likeness (QED) is 0.161. The number of anilines is 1. The normalized spacial score (nSPS) is 16.8. The molecule has 2 aliphatic rings. The molecule has 3 N–H and O–H groups in total. The third-order valence-electron chi connectivity index (χ3n) is 7.01. The second-order valence-electron chi connectivity index (χ2n) is 10.2. The van der Waals surface area contributed by atoms with E-state index in [-0.39, 0.29) is 30.4 Å². The lowest BCUT2D eigenvalue weighted by molar-refractivity contribution is -0.138. The van der Waals surface area contributed by atoms with E-state index < -0.39 is 35.6 Å². The molecule has 0 spiro atoms. The van der Waals surface area contributed by atoms with Crippen molar-refractivity contribution in [1.82, 2.24) is 10.2 Å². The summed E-state index contributed by atoms with van der Waals surface area (Å²) in [5.74, 6) is -2.78. The molecule has 4 amide bonds. The molecule has 1 aromatic carbocycles. The van der Waals surface area contributed by atoms with Crippen LogP contribution >= 0.6 is 0 Å². The summed E-state index contributed by atoms with van der Waals surface area (Å²) in [5, 5.41) is 14.1. The Morgan fingerprint density at radius 3 is 2.15 bits per heavy atom. The van der Waals surface area contributed by atoms with Gasteiger partial charge >= 0.3 is 5.97 Å². The molecule has 220 valence electrons. The minimum atomic E-state index is -0.970. The van der Waals surface area contributed by atoms with Crippen LogP contribution in [0.1, 0.15) is 97.8 Å². The Kier molecular flexibility index (Phi) is 13.0. The first-order valence-electron chi connectivity index (χ1n) is 14.4. The Balaban J connectivity index is 1.22. The van der Waals surface area contributed by atoms with Crippen molar-refractivity contribution < 1.29 is 38.6 Å². The van der Waals surface area contributed by atoms with Crippen molar-refractivity contribution in [2.24, 2.45) is 0 Å². The Morgan fingerprint density at radius 1 is 0.875 bits per heavy atom. The molecule has 11 heteroatoms. The van der Waals surface area contributed by atoms with Crippen LogP contribution in [0.3, 0.4) is 0 Å². The Hall–Kier alpha value is -3.31. The van der Waals surface area contributed by atoms with Crippen LogP contribution in [0, 0.1) is 0 Å². The summed E-state index contributed by atoms with van der Waals surface area (Å²) in [6, 6.07) is 4.10. The first kappa shape index (κ1) is 31.2. The highest BCUT2D eigenvalue weighted by atomic mass is 16.5. The molecule has 0 bridgehead atoms. The molecule has 0 aromatic heterocycles. The minimum absolute atomic E-state index is 0.0926. The van der Waals surface area contributed by atoms with E-state index in [1.807, 2.05) is 0 Å². The average Bonchev–Trinajstić information content (AvgIpc) is 3.18. The second-order valence-corrected chi connectivity index (χ2v) is 10.2. The number of ether oxygens (including phenoxy) is 2. The standard InChI is InChI=1S/C29H41N3O8/c33-24-15-14-23(27(36)31-24)32-28(37)21-11-10-12-22(26(21)29(32)38)30-16-5-1-2-6-17-39-18-7-3-8-19-40-20-9-4-13-25(34)35/h10-12,23,30H,1-9,13-20H2,(H,34,35)(H,31,33,36). The molecule has 1 aromatic rings. The number of carbonyl (C=O) groups is 5. The number of nitrogens with zero attached hydrogens (tertiary/aromatic N) is 1. The summed E-state index contributed by atoms with van der Waals surface area (Å²) >= 11 is 0. The van der Waals surface area contributed by atoms with Gasteiger partial charge in [0, 0.05) is 51.5 Å². The molecule has 1 unspecified atom stereocenters. The van der Waals surface area contributed by atoms with Crippen molar-refractivity contribution in [1.29, 1.82) is 0 Å².